The molecule has 0 aromatic carbocycles. The Bertz CT molecular complexity index is 89.7. The van der Waals surface area contributed by atoms with Crippen LogP contribution < -0.4 is 11.2 Å². The van der Waals surface area contributed by atoms with E-state index >= 15 is 0 Å². The lowest BCUT2D eigenvalue weighted by atomic mass is 11.2. The molecule has 0 saturated heterocycles. The quantitative estimate of drug-likeness (QED) is 0.214. The van der Waals surface area contributed by atoms with Crippen molar-refractivity contribution in [1.29, 1.82) is 0 Å². The molecule has 0 aliphatic heterocycles. The minimum atomic E-state index is -0.241. The standard InChI is InChI=1S/CH4N2O2S.H3P/c2-1(3-4)6-5;/h3-4H,2H2;1H3. The summed E-state index contributed by atoms with van der Waals surface area (Å²) in [4.78, 5) is 0. The lowest BCUT2D eigenvalue weighted by Gasteiger charge is -1.80. The van der Waals surface area contributed by atoms with E-state index in [1.54, 1.807) is 0 Å². The van der Waals surface area contributed by atoms with Gasteiger partial charge in [-0.3, -0.25) is 5.73 Å². The Kier molecular flexibility index (Phi) is 9.07. The molecule has 7 heavy (non-hydrogen) atoms. The first-order chi connectivity index (χ1) is 2.81. The van der Waals surface area contributed by atoms with Crippen LogP contribution in [0.15, 0.2) is 0 Å². The molecule has 0 fully saturated rings. The number of hydroxylamine groups is 1. The third kappa shape index (κ3) is 6.20. The van der Waals surface area contributed by atoms with Gasteiger partial charge < -0.3 is 5.21 Å². The van der Waals surface area contributed by atoms with E-state index in [0.717, 1.165) is 0 Å². The van der Waals surface area contributed by atoms with Crippen molar-refractivity contribution in [3.63, 3.8) is 0 Å². The Morgan fingerprint density at radius 2 is 2.29 bits per heavy atom. The van der Waals surface area contributed by atoms with Gasteiger partial charge in [0.2, 0.25) is 0 Å². The third-order valence-corrected chi connectivity index (χ3v) is 0.471. The van der Waals surface area contributed by atoms with Crippen LogP contribution in [0.1, 0.15) is 0 Å². The molecule has 0 bridgehead atoms. The molecule has 0 heterocycles. The molecule has 4 N–H and O–H groups in total. The second-order valence-corrected chi connectivity index (χ2v) is 1.17. The molecular formula is CH7N2O2PS. The first kappa shape index (κ1) is 10.2. The second kappa shape index (κ2) is 6.20. The highest BCUT2D eigenvalue weighted by Crippen LogP contribution is 1.33. The van der Waals surface area contributed by atoms with Gasteiger partial charge in [0.1, 0.15) is 11.3 Å². The topological polar surface area (TPSA) is 75.3 Å². The number of nitrogens with two attached hydrogens (primary N) is 1. The minimum absolute atomic E-state index is 0. The van der Waals surface area contributed by atoms with Gasteiger partial charge in [0.15, 0.2) is 5.11 Å². The van der Waals surface area contributed by atoms with Crippen LogP contribution in [0.4, 0.5) is 0 Å². The molecule has 1 unspecified atom stereocenters. The molecular weight excluding hydrogens is 135 g/mol. The molecule has 0 aromatic rings. The van der Waals surface area contributed by atoms with Crippen molar-refractivity contribution < 1.29 is 9.42 Å². The van der Waals surface area contributed by atoms with Gasteiger partial charge in [0.25, 0.3) is 0 Å². The minimum Gasteiger partial charge on any atom is -0.310 e. The maximum atomic E-state index is 9.39. The molecule has 0 aromatic heterocycles. The van der Waals surface area contributed by atoms with Crippen LogP contribution in [0.25, 0.3) is 0 Å². The molecule has 0 saturated carbocycles. The summed E-state index contributed by atoms with van der Waals surface area (Å²) >= 11 is 0.00810. The van der Waals surface area contributed by atoms with Gasteiger partial charge in [0, 0.05) is 0 Å². The largest absolute Gasteiger partial charge is 0.310 e. The van der Waals surface area contributed by atoms with Crippen LogP contribution in [0.3, 0.4) is 0 Å². The summed E-state index contributed by atoms with van der Waals surface area (Å²) in [5.74, 6) is 0. The van der Waals surface area contributed by atoms with Gasteiger partial charge in [0.05, 0.1) is 0 Å². The smallest absolute Gasteiger partial charge is 0.175 e. The summed E-state index contributed by atoms with van der Waals surface area (Å²) in [5, 5.41) is 7.46. The van der Waals surface area contributed by atoms with E-state index in [1.165, 1.54) is 5.48 Å². The second-order valence-electron chi connectivity index (χ2n) is 0.559. The number of hydrogen-bond donors (Lipinski definition) is 3. The molecule has 6 heteroatoms. The molecule has 0 spiro atoms. The fourth-order valence-electron chi connectivity index (χ4n) is 0.0186. The fraction of sp³-hybridized carbons (Fsp3) is 0. The zero-order valence-corrected chi connectivity index (χ0v) is 5.78. The van der Waals surface area contributed by atoms with Gasteiger partial charge in [-0.2, -0.15) is 15.4 Å². The number of nitrogens with one attached hydrogen (secondary N) is 1. The fourth-order valence-corrected chi connectivity index (χ4v) is 0.0559. The highest BCUT2D eigenvalue weighted by atomic mass is 32.1. The van der Waals surface area contributed by atoms with Crippen LogP contribution in [0, 0.1) is 0 Å². The van der Waals surface area contributed by atoms with Crippen LogP contribution in [0.5, 0.6) is 0 Å². The van der Waals surface area contributed by atoms with E-state index < -0.39 is 0 Å². The lowest BCUT2D eigenvalue weighted by Crippen LogP contribution is -2.27. The summed E-state index contributed by atoms with van der Waals surface area (Å²) < 4.78 is 9.39. The number of hydrogen-bond acceptors (Lipinski definition) is 2. The van der Waals surface area contributed by atoms with Crippen LogP contribution >= 0.6 is 9.90 Å². The predicted molar refractivity (Wildman–Crippen MR) is 33.4 cm³/mol. The highest BCUT2D eigenvalue weighted by molar-refractivity contribution is 7.66. The van der Waals surface area contributed by atoms with E-state index in [1.807, 2.05) is 0 Å². The molecule has 0 rings (SSSR count). The third-order valence-electron chi connectivity index (χ3n) is 0.200. The van der Waals surface area contributed by atoms with E-state index in [0.29, 0.717) is 0 Å². The van der Waals surface area contributed by atoms with Crippen molar-refractivity contribution in [2.45, 2.75) is 0 Å². The summed E-state index contributed by atoms with van der Waals surface area (Å²) in [6.07, 6.45) is 0. The Hall–Kier alpha value is 0.200. The Morgan fingerprint density at radius 1 is 1.86 bits per heavy atom. The molecule has 0 aliphatic carbocycles. The van der Waals surface area contributed by atoms with E-state index in [-0.39, 0.29) is 26.3 Å². The Morgan fingerprint density at radius 3 is 2.29 bits per heavy atom. The van der Waals surface area contributed by atoms with Crippen molar-refractivity contribution in [2.24, 2.45) is 5.73 Å². The summed E-state index contributed by atoms with van der Waals surface area (Å²) in [6.45, 7) is 0. The maximum Gasteiger partial charge on any atom is 0.175 e. The summed E-state index contributed by atoms with van der Waals surface area (Å²) in [7, 11) is 0. The molecule has 4 nitrogen and oxygen atoms in total. The normalized spacial score (nSPS) is 6.57. The van der Waals surface area contributed by atoms with Crippen molar-refractivity contribution in [3.8, 4) is 0 Å². The van der Waals surface area contributed by atoms with Gasteiger partial charge >= 0.3 is 0 Å². The van der Waals surface area contributed by atoms with Crippen molar-refractivity contribution in [1.82, 2.24) is 5.48 Å². The zero-order valence-electron chi connectivity index (χ0n) is 3.55. The first-order valence-electron chi connectivity index (χ1n) is 1.13. The van der Waals surface area contributed by atoms with Gasteiger partial charge in [-0.05, 0) is 0 Å². The van der Waals surface area contributed by atoms with Crippen molar-refractivity contribution >= 4 is 26.3 Å². The lowest BCUT2D eigenvalue weighted by molar-refractivity contribution is 0.236. The van der Waals surface area contributed by atoms with Crippen molar-refractivity contribution in [3.05, 3.63) is 0 Å². The monoisotopic (exact) mass is 142 g/mol. The van der Waals surface area contributed by atoms with E-state index in [9.17, 15) is 4.21 Å². The summed E-state index contributed by atoms with van der Waals surface area (Å²) in [6, 6.07) is 0. The molecule has 44 valence electrons. The van der Waals surface area contributed by atoms with Crippen molar-refractivity contribution in [2.75, 3.05) is 0 Å². The van der Waals surface area contributed by atoms with E-state index in [2.05, 4.69) is 5.73 Å². The SMILES string of the molecule is NC(NO)=S=O.P. The van der Waals surface area contributed by atoms with Gasteiger partial charge in [-0.25, -0.2) is 4.21 Å². The Balaban J connectivity index is 0. The zero-order chi connectivity index (χ0) is 4.99. The molecule has 0 radical (unpaired) electrons. The molecule has 0 aliphatic rings. The molecule has 1 atom stereocenters. The van der Waals surface area contributed by atoms with E-state index in [4.69, 9.17) is 5.21 Å². The van der Waals surface area contributed by atoms with Gasteiger partial charge in [-0.1, -0.05) is 0 Å². The number of rotatable bonds is 0. The first-order valence-corrected chi connectivity index (χ1v) is 1.87. The maximum absolute atomic E-state index is 9.39. The average molecular weight is 142 g/mol. The van der Waals surface area contributed by atoms with Crippen LogP contribution in [-0.4, -0.2) is 14.5 Å². The highest BCUT2D eigenvalue weighted by Gasteiger charge is 1.75. The predicted octanol–water partition coefficient (Wildman–Crippen LogP) is -1.72. The van der Waals surface area contributed by atoms with Crippen LogP contribution in [0.2, 0.25) is 0 Å². The Labute approximate surface area is 47.7 Å². The average Bonchev–Trinajstić information content (AvgIpc) is 1.65. The summed E-state index contributed by atoms with van der Waals surface area (Å²) in [5.41, 5.74) is 6.14. The van der Waals surface area contributed by atoms with Crippen LogP contribution in [-0.2, 0) is 11.3 Å². The molecule has 0 amide bonds. The van der Waals surface area contributed by atoms with Gasteiger partial charge in [-0.15, -0.1) is 0 Å².